The summed E-state index contributed by atoms with van der Waals surface area (Å²) in [6.07, 6.45) is 3.89. The molecule has 0 amide bonds. The van der Waals surface area contributed by atoms with Crippen molar-refractivity contribution in [2.45, 2.75) is 46.1 Å². The molecule has 1 aromatic carbocycles. The molecule has 1 fully saturated rings. The van der Waals surface area contributed by atoms with Crippen molar-refractivity contribution in [1.82, 2.24) is 4.98 Å². The average molecular weight is 289 g/mol. The zero-order valence-electron chi connectivity index (χ0n) is 12.4. The van der Waals surface area contributed by atoms with Crippen molar-refractivity contribution >= 4 is 32.9 Å². The van der Waals surface area contributed by atoms with Crippen LogP contribution in [0.25, 0.3) is 10.2 Å². The maximum Gasteiger partial charge on any atom is 0.0907 e. The van der Waals surface area contributed by atoms with Crippen molar-refractivity contribution in [2.24, 2.45) is 11.8 Å². The summed E-state index contributed by atoms with van der Waals surface area (Å²) >= 11 is 1.70. The number of nitrogen functional groups attached to an aromatic ring is 1. The van der Waals surface area contributed by atoms with Gasteiger partial charge < -0.3 is 11.1 Å². The van der Waals surface area contributed by atoms with Gasteiger partial charge in [-0.3, -0.25) is 0 Å². The molecule has 2 aromatic rings. The summed E-state index contributed by atoms with van der Waals surface area (Å²) < 4.78 is 1.18. The van der Waals surface area contributed by atoms with Gasteiger partial charge >= 0.3 is 0 Å². The third-order valence-corrected chi connectivity index (χ3v) is 5.65. The predicted octanol–water partition coefficient (Wildman–Crippen LogP) is 4.42. The van der Waals surface area contributed by atoms with Crippen LogP contribution >= 0.6 is 11.3 Å². The second-order valence-electron chi connectivity index (χ2n) is 6.16. The lowest BCUT2D eigenvalue weighted by molar-refractivity contribution is 0.253. The standard InChI is InChI=1S/C16H23N3S/c1-9-5-4-6-13(10(9)2)19-14-8-15-16(7-12(14)17)20-11(3)18-15/h7-10,13,19H,4-6,17H2,1-3H3. The Labute approximate surface area is 124 Å². The van der Waals surface area contributed by atoms with Gasteiger partial charge in [-0.15, -0.1) is 11.3 Å². The highest BCUT2D eigenvalue weighted by molar-refractivity contribution is 7.18. The van der Waals surface area contributed by atoms with Crippen LogP contribution in [0.4, 0.5) is 11.4 Å². The minimum atomic E-state index is 0.526. The molecule has 1 aromatic heterocycles. The quantitative estimate of drug-likeness (QED) is 0.804. The highest BCUT2D eigenvalue weighted by atomic mass is 32.1. The van der Waals surface area contributed by atoms with E-state index in [1.807, 2.05) is 6.92 Å². The number of hydrogen-bond acceptors (Lipinski definition) is 4. The minimum Gasteiger partial charge on any atom is -0.397 e. The van der Waals surface area contributed by atoms with E-state index >= 15 is 0 Å². The monoisotopic (exact) mass is 289 g/mol. The molecule has 1 aliphatic carbocycles. The Hall–Kier alpha value is -1.29. The van der Waals surface area contributed by atoms with Gasteiger partial charge in [-0.05, 0) is 37.3 Å². The Morgan fingerprint density at radius 2 is 2.10 bits per heavy atom. The maximum absolute atomic E-state index is 6.21. The molecule has 3 nitrogen and oxygen atoms in total. The topological polar surface area (TPSA) is 50.9 Å². The summed E-state index contributed by atoms with van der Waals surface area (Å²) in [5.74, 6) is 1.48. The molecular formula is C16H23N3S. The molecule has 1 heterocycles. The summed E-state index contributed by atoms with van der Waals surface area (Å²) in [4.78, 5) is 4.56. The van der Waals surface area contributed by atoms with E-state index < -0.39 is 0 Å². The van der Waals surface area contributed by atoms with E-state index in [9.17, 15) is 0 Å². The van der Waals surface area contributed by atoms with Gasteiger partial charge in [-0.2, -0.15) is 0 Å². The van der Waals surface area contributed by atoms with E-state index in [1.54, 1.807) is 11.3 Å². The Morgan fingerprint density at radius 3 is 2.90 bits per heavy atom. The van der Waals surface area contributed by atoms with Crippen LogP contribution in [0.3, 0.4) is 0 Å². The smallest absolute Gasteiger partial charge is 0.0907 e. The lowest BCUT2D eigenvalue weighted by Crippen LogP contribution is -2.35. The van der Waals surface area contributed by atoms with Gasteiger partial charge in [0.25, 0.3) is 0 Å². The molecule has 1 aliphatic rings. The van der Waals surface area contributed by atoms with E-state index in [0.717, 1.165) is 27.8 Å². The number of aromatic nitrogens is 1. The van der Waals surface area contributed by atoms with Crippen LogP contribution in [-0.4, -0.2) is 11.0 Å². The fraction of sp³-hybridized carbons (Fsp3) is 0.562. The molecule has 3 unspecified atom stereocenters. The number of aryl methyl sites for hydroxylation is 1. The number of hydrogen-bond donors (Lipinski definition) is 2. The molecule has 0 aliphatic heterocycles. The Balaban J connectivity index is 1.88. The van der Waals surface area contributed by atoms with Crippen molar-refractivity contribution in [2.75, 3.05) is 11.1 Å². The number of nitrogens with zero attached hydrogens (tertiary/aromatic N) is 1. The summed E-state index contributed by atoms with van der Waals surface area (Å²) in [6.45, 7) is 6.75. The molecule has 3 rings (SSSR count). The van der Waals surface area contributed by atoms with E-state index in [2.05, 4.69) is 36.3 Å². The van der Waals surface area contributed by atoms with E-state index in [1.165, 1.54) is 24.0 Å². The number of nitrogens with two attached hydrogens (primary N) is 1. The van der Waals surface area contributed by atoms with E-state index in [0.29, 0.717) is 12.0 Å². The van der Waals surface area contributed by atoms with E-state index in [4.69, 9.17) is 5.73 Å². The molecule has 3 N–H and O–H groups in total. The number of thiazole rings is 1. The summed E-state index contributed by atoms with van der Waals surface area (Å²) in [5, 5.41) is 4.76. The molecule has 0 spiro atoms. The number of rotatable bonds is 2. The predicted molar refractivity (Wildman–Crippen MR) is 88.4 cm³/mol. The SMILES string of the molecule is Cc1nc2cc(NC3CCCC(C)C3C)c(N)cc2s1. The largest absolute Gasteiger partial charge is 0.397 e. The molecule has 4 heteroatoms. The van der Waals surface area contributed by atoms with Crippen molar-refractivity contribution in [1.29, 1.82) is 0 Å². The van der Waals surface area contributed by atoms with Gasteiger partial charge in [-0.1, -0.05) is 26.7 Å². The van der Waals surface area contributed by atoms with Gasteiger partial charge in [0.05, 0.1) is 26.6 Å². The third kappa shape index (κ3) is 2.49. The number of fused-ring (bicyclic) bond motifs is 1. The summed E-state index contributed by atoms with van der Waals surface area (Å²) in [7, 11) is 0. The van der Waals surface area contributed by atoms with Crippen LogP contribution in [0.15, 0.2) is 12.1 Å². The lowest BCUT2D eigenvalue weighted by Gasteiger charge is -2.35. The highest BCUT2D eigenvalue weighted by Gasteiger charge is 2.27. The number of nitrogens with one attached hydrogen (secondary N) is 1. The average Bonchev–Trinajstić information content (AvgIpc) is 2.74. The molecule has 108 valence electrons. The van der Waals surface area contributed by atoms with Gasteiger partial charge in [0, 0.05) is 6.04 Å². The fourth-order valence-corrected chi connectivity index (χ4v) is 4.07. The molecule has 20 heavy (non-hydrogen) atoms. The summed E-state index contributed by atoms with van der Waals surface area (Å²) in [6, 6.07) is 4.69. The maximum atomic E-state index is 6.21. The van der Waals surface area contributed by atoms with Gasteiger partial charge in [0.15, 0.2) is 0 Å². The summed E-state index contributed by atoms with van der Waals surface area (Å²) in [5.41, 5.74) is 9.15. The normalized spacial score (nSPS) is 26.9. The Kier molecular flexibility index (Phi) is 3.59. The zero-order chi connectivity index (χ0) is 14.3. The number of benzene rings is 1. The van der Waals surface area contributed by atoms with Gasteiger partial charge in [0.2, 0.25) is 0 Å². The molecule has 0 saturated heterocycles. The molecular weight excluding hydrogens is 266 g/mol. The first-order valence-corrected chi connectivity index (χ1v) is 8.29. The van der Waals surface area contributed by atoms with E-state index in [-0.39, 0.29) is 0 Å². The Bertz CT molecular complexity index is 619. The minimum absolute atomic E-state index is 0.526. The Morgan fingerprint density at radius 1 is 1.30 bits per heavy atom. The van der Waals surface area contributed by atoms with Crippen LogP contribution in [0.1, 0.15) is 38.1 Å². The van der Waals surface area contributed by atoms with Crippen LogP contribution < -0.4 is 11.1 Å². The first-order valence-electron chi connectivity index (χ1n) is 7.48. The first kappa shape index (κ1) is 13.7. The first-order chi connectivity index (χ1) is 9.54. The van der Waals surface area contributed by atoms with Crippen molar-refractivity contribution in [3.63, 3.8) is 0 Å². The molecule has 3 atom stereocenters. The second kappa shape index (κ2) is 5.24. The van der Waals surface area contributed by atoms with Crippen LogP contribution in [0.5, 0.6) is 0 Å². The molecule has 0 radical (unpaired) electrons. The zero-order valence-corrected chi connectivity index (χ0v) is 13.3. The van der Waals surface area contributed by atoms with Crippen molar-refractivity contribution in [3.05, 3.63) is 17.1 Å². The number of anilines is 2. The third-order valence-electron chi connectivity index (χ3n) is 4.71. The highest BCUT2D eigenvalue weighted by Crippen LogP contribution is 2.35. The lowest BCUT2D eigenvalue weighted by atomic mass is 9.78. The van der Waals surface area contributed by atoms with Crippen molar-refractivity contribution < 1.29 is 0 Å². The van der Waals surface area contributed by atoms with Gasteiger partial charge in [0.1, 0.15) is 0 Å². The van der Waals surface area contributed by atoms with Crippen LogP contribution in [0, 0.1) is 18.8 Å². The molecule has 1 saturated carbocycles. The fourth-order valence-electron chi connectivity index (χ4n) is 3.22. The molecule has 0 bridgehead atoms. The second-order valence-corrected chi connectivity index (χ2v) is 7.39. The van der Waals surface area contributed by atoms with Crippen LogP contribution in [-0.2, 0) is 0 Å². The van der Waals surface area contributed by atoms with Crippen molar-refractivity contribution in [3.8, 4) is 0 Å². The van der Waals surface area contributed by atoms with Gasteiger partial charge in [-0.25, -0.2) is 4.98 Å². The van der Waals surface area contributed by atoms with Crippen LogP contribution in [0.2, 0.25) is 0 Å².